The highest BCUT2D eigenvalue weighted by molar-refractivity contribution is 5.82. The molecule has 0 spiro atoms. The second-order valence-electron chi connectivity index (χ2n) is 10.1. The highest BCUT2D eigenvalue weighted by Gasteiger charge is 2.44. The van der Waals surface area contributed by atoms with Crippen molar-refractivity contribution in [2.24, 2.45) is 5.92 Å². The van der Waals surface area contributed by atoms with Gasteiger partial charge < -0.3 is 14.7 Å². The van der Waals surface area contributed by atoms with Gasteiger partial charge in [-0.1, -0.05) is 12.1 Å². The molecule has 0 bridgehead atoms. The molecule has 5 rings (SSSR count). The van der Waals surface area contributed by atoms with Crippen LogP contribution in [0.15, 0.2) is 60.8 Å². The minimum atomic E-state index is -0.672. The summed E-state index contributed by atoms with van der Waals surface area (Å²) < 4.78 is 42.1. The van der Waals surface area contributed by atoms with Gasteiger partial charge in [0.1, 0.15) is 23.3 Å². The number of hydrogen-bond acceptors (Lipinski definition) is 4. The molecule has 0 unspecified atom stereocenters. The van der Waals surface area contributed by atoms with Crippen LogP contribution in [0.4, 0.5) is 30.4 Å². The number of aromatic nitrogens is 1. The number of rotatable bonds is 4. The molecular weight excluding hydrogens is 491 g/mol. The SMILES string of the molecule is [C-]#[N+]c1ccc(N2C[C@@H](C(=O)N3C[C@@H](C)N(c4ccc(F)cc4)[C@@H](C)C3)[C@H](c3ccc(F)cc3F)C2)nc1. The molecule has 2 aromatic carbocycles. The molecule has 2 aliphatic heterocycles. The minimum Gasteiger partial charge on any atom is -0.363 e. The van der Waals surface area contributed by atoms with Crippen LogP contribution in [-0.4, -0.2) is 54.1 Å². The lowest BCUT2D eigenvalue weighted by molar-refractivity contribution is -0.136. The van der Waals surface area contributed by atoms with E-state index >= 15 is 0 Å². The van der Waals surface area contributed by atoms with Gasteiger partial charge in [0, 0.05) is 62.1 Å². The number of piperazine rings is 1. The van der Waals surface area contributed by atoms with Crippen LogP contribution in [0.25, 0.3) is 4.85 Å². The molecule has 1 aromatic heterocycles. The van der Waals surface area contributed by atoms with Crippen LogP contribution >= 0.6 is 0 Å². The van der Waals surface area contributed by atoms with Gasteiger partial charge in [0.25, 0.3) is 0 Å². The van der Waals surface area contributed by atoms with Crippen molar-refractivity contribution in [3.63, 3.8) is 0 Å². The molecule has 2 fully saturated rings. The molecule has 196 valence electrons. The van der Waals surface area contributed by atoms with E-state index in [1.807, 2.05) is 23.6 Å². The molecule has 0 aliphatic carbocycles. The smallest absolute Gasteiger partial charge is 0.228 e. The van der Waals surface area contributed by atoms with Gasteiger partial charge in [0.15, 0.2) is 0 Å². The van der Waals surface area contributed by atoms with Crippen LogP contribution in [0, 0.1) is 29.9 Å². The van der Waals surface area contributed by atoms with Crippen LogP contribution in [0.1, 0.15) is 25.3 Å². The summed E-state index contributed by atoms with van der Waals surface area (Å²) in [5, 5.41) is 0. The topological polar surface area (TPSA) is 44.0 Å². The van der Waals surface area contributed by atoms with Crippen molar-refractivity contribution < 1.29 is 18.0 Å². The van der Waals surface area contributed by atoms with E-state index in [9.17, 15) is 18.0 Å². The molecule has 0 radical (unpaired) electrons. The van der Waals surface area contributed by atoms with E-state index in [2.05, 4.69) is 14.7 Å². The standard InChI is InChI=1S/C29H28F3N5O/c1-18-14-36(15-19(2)37(18)23-8-4-20(30)5-9-23)29(38)26-17-35(28-11-7-22(33-3)13-34-28)16-25(26)24-10-6-21(31)12-27(24)32/h4-13,18-19,25-26H,14-17H2,1-2H3/t18-,19+,25-,26+/m0/s1. The van der Waals surface area contributed by atoms with Gasteiger partial charge in [-0.25, -0.2) is 18.0 Å². The number of halogens is 3. The summed E-state index contributed by atoms with van der Waals surface area (Å²) >= 11 is 0. The fourth-order valence-corrected chi connectivity index (χ4v) is 5.85. The summed E-state index contributed by atoms with van der Waals surface area (Å²) in [7, 11) is 0. The highest BCUT2D eigenvalue weighted by atomic mass is 19.1. The average Bonchev–Trinajstić information content (AvgIpc) is 3.34. The van der Waals surface area contributed by atoms with Gasteiger partial charge in [-0.05, 0) is 55.8 Å². The number of anilines is 2. The summed E-state index contributed by atoms with van der Waals surface area (Å²) in [5.41, 5.74) is 1.60. The Morgan fingerprint density at radius 2 is 1.61 bits per heavy atom. The molecule has 3 aromatic rings. The zero-order chi connectivity index (χ0) is 27.0. The maximum atomic E-state index is 14.9. The third kappa shape index (κ3) is 4.91. The van der Waals surface area contributed by atoms with E-state index < -0.39 is 23.5 Å². The maximum absolute atomic E-state index is 14.9. The summed E-state index contributed by atoms with van der Waals surface area (Å²) in [5.74, 6) is -2.18. The van der Waals surface area contributed by atoms with Crippen molar-refractivity contribution in [3.05, 3.63) is 95.2 Å². The first-order valence-corrected chi connectivity index (χ1v) is 12.6. The van der Waals surface area contributed by atoms with Crippen molar-refractivity contribution in [1.29, 1.82) is 0 Å². The van der Waals surface area contributed by atoms with Crippen LogP contribution < -0.4 is 9.80 Å². The molecule has 1 amide bonds. The summed E-state index contributed by atoms with van der Waals surface area (Å²) in [4.78, 5) is 27.7. The van der Waals surface area contributed by atoms with Gasteiger partial charge in [-0.15, -0.1) is 0 Å². The Labute approximate surface area is 220 Å². The van der Waals surface area contributed by atoms with Gasteiger partial charge >= 0.3 is 0 Å². The van der Waals surface area contributed by atoms with Crippen molar-refractivity contribution in [2.45, 2.75) is 31.8 Å². The lowest BCUT2D eigenvalue weighted by atomic mass is 9.87. The normalized spacial score (nSPS) is 23.4. The third-order valence-electron chi connectivity index (χ3n) is 7.54. The second kappa shape index (κ2) is 10.4. The monoisotopic (exact) mass is 519 g/mol. The summed E-state index contributed by atoms with van der Waals surface area (Å²) in [6.45, 7) is 12.8. The number of nitrogens with zero attached hydrogens (tertiary/aromatic N) is 5. The van der Waals surface area contributed by atoms with Gasteiger partial charge in [0.05, 0.1) is 12.5 Å². The molecule has 2 aliphatic rings. The van der Waals surface area contributed by atoms with Crippen LogP contribution in [0.5, 0.6) is 0 Å². The molecular formula is C29H28F3N5O. The quantitative estimate of drug-likeness (QED) is 0.434. The van der Waals surface area contributed by atoms with Crippen LogP contribution in [-0.2, 0) is 4.79 Å². The zero-order valence-corrected chi connectivity index (χ0v) is 21.2. The van der Waals surface area contributed by atoms with Gasteiger partial charge in [-0.3, -0.25) is 9.78 Å². The summed E-state index contributed by atoms with van der Waals surface area (Å²) in [6.07, 6.45) is 1.48. The van der Waals surface area contributed by atoms with Crippen LogP contribution in [0.3, 0.4) is 0 Å². The summed E-state index contributed by atoms with van der Waals surface area (Å²) in [6, 6.07) is 13.2. The first-order valence-electron chi connectivity index (χ1n) is 12.6. The number of carbonyl (C=O) groups excluding carboxylic acids is 1. The minimum absolute atomic E-state index is 0.0190. The molecule has 9 heteroatoms. The number of carbonyl (C=O) groups is 1. The second-order valence-corrected chi connectivity index (χ2v) is 10.1. The van der Waals surface area contributed by atoms with Crippen LogP contribution in [0.2, 0.25) is 0 Å². The van der Waals surface area contributed by atoms with Gasteiger partial charge in [-0.2, -0.15) is 0 Å². The molecule has 0 saturated carbocycles. The maximum Gasteiger partial charge on any atom is 0.228 e. The Balaban J connectivity index is 1.41. The van der Waals surface area contributed by atoms with E-state index in [1.54, 1.807) is 24.3 Å². The predicted molar refractivity (Wildman–Crippen MR) is 140 cm³/mol. The lowest BCUT2D eigenvalue weighted by Gasteiger charge is -2.46. The lowest BCUT2D eigenvalue weighted by Crippen LogP contribution is -2.59. The molecule has 6 nitrogen and oxygen atoms in total. The Hall–Kier alpha value is -4.06. The fraction of sp³-hybridized carbons (Fsp3) is 0.345. The van der Waals surface area contributed by atoms with E-state index in [-0.39, 0.29) is 23.8 Å². The predicted octanol–water partition coefficient (Wildman–Crippen LogP) is 5.40. The Bertz CT molecular complexity index is 1350. The number of hydrogen-bond donors (Lipinski definition) is 0. The molecule has 4 atom stereocenters. The number of amides is 1. The van der Waals surface area contributed by atoms with E-state index in [4.69, 9.17) is 6.57 Å². The van der Waals surface area contributed by atoms with Crippen molar-refractivity contribution in [2.75, 3.05) is 36.0 Å². The largest absolute Gasteiger partial charge is 0.363 e. The first-order chi connectivity index (χ1) is 18.2. The average molecular weight is 520 g/mol. The number of pyridine rings is 1. The molecule has 0 N–H and O–H groups in total. The Morgan fingerprint density at radius 3 is 2.21 bits per heavy atom. The molecule has 2 saturated heterocycles. The molecule has 3 heterocycles. The van der Waals surface area contributed by atoms with Gasteiger partial charge in [0.2, 0.25) is 11.6 Å². The Kier molecular flexibility index (Phi) is 6.98. The van der Waals surface area contributed by atoms with Crippen molar-refractivity contribution in [1.82, 2.24) is 9.88 Å². The van der Waals surface area contributed by atoms with Crippen molar-refractivity contribution in [3.8, 4) is 0 Å². The zero-order valence-electron chi connectivity index (χ0n) is 21.2. The fourth-order valence-electron chi connectivity index (χ4n) is 5.85. The number of benzene rings is 2. The van der Waals surface area contributed by atoms with E-state index in [0.29, 0.717) is 43.2 Å². The highest BCUT2D eigenvalue weighted by Crippen LogP contribution is 2.38. The van der Waals surface area contributed by atoms with Crippen molar-refractivity contribution >= 4 is 23.1 Å². The van der Waals surface area contributed by atoms with E-state index in [0.717, 1.165) is 11.8 Å². The third-order valence-corrected chi connectivity index (χ3v) is 7.54. The first kappa shape index (κ1) is 25.6. The van der Waals surface area contributed by atoms with E-state index in [1.165, 1.54) is 30.5 Å². The Morgan fingerprint density at radius 1 is 0.921 bits per heavy atom. The molecule has 38 heavy (non-hydrogen) atoms.